The van der Waals surface area contributed by atoms with E-state index in [2.05, 4.69) is 16.7 Å². The summed E-state index contributed by atoms with van der Waals surface area (Å²) in [6.45, 7) is 2.27. The Morgan fingerprint density at radius 1 is 1.19 bits per heavy atom. The number of benzene rings is 2. The molecule has 2 aromatic rings. The maximum absolute atomic E-state index is 12.4. The lowest BCUT2D eigenvalue weighted by Gasteiger charge is -2.23. The van der Waals surface area contributed by atoms with Crippen LogP contribution < -0.4 is 15.4 Å². The highest BCUT2D eigenvalue weighted by Crippen LogP contribution is 2.30. The molecule has 0 fully saturated rings. The number of carbonyl (C=O) groups is 1. The van der Waals surface area contributed by atoms with Crippen molar-refractivity contribution in [1.82, 2.24) is 10.6 Å². The van der Waals surface area contributed by atoms with E-state index in [0.717, 1.165) is 36.3 Å². The van der Waals surface area contributed by atoms with Crippen molar-refractivity contribution in [3.05, 3.63) is 65.2 Å². The van der Waals surface area contributed by atoms with E-state index in [1.165, 1.54) is 5.56 Å². The van der Waals surface area contributed by atoms with Crippen molar-refractivity contribution in [1.29, 1.82) is 0 Å². The van der Waals surface area contributed by atoms with E-state index in [0.29, 0.717) is 13.2 Å². The number of hydrogen-bond donors (Lipinski definition) is 2. The number of methoxy groups -OCH3 is 1. The number of fused-ring (bicyclic) bond motifs is 1. The average Bonchev–Trinajstić information content (AvgIpc) is 2.70. The van der Waals surface area contributed by atoms with Gasteiger partial charge in [0.1, 0.15) is 5.75 Å². The standard InChI is InChI=1S/C21H26N2O3/c1-25-13-11-22-15-20(24)23-21(16-6-3-2-4-7-16)18-9-10-19-17(14-18)8-5-12-26-19/h2-4,6-7,9-10,14,21-22H,5,8,11-13,15H2,1H3,(H,23,24). The zero-order chi connectivity index (χ0) is 18.2. The summed E-state index contributed by atoms with van der Waals surface area (Å²) in [5.74, 6) is 0.920. The quantitative estimate of drug-likeness (QED) is 0.715. The first-order valence-corrected chi connectivity index (χ1v) is 9.07. The third-order valence-electron chi connectivity index (χ3n) is 4.47. The van der Waals surface area contributed by atoms with Gasteiger partial charge in [-0.3, -0.25) is 4.79 Å². The van der Waals surface area contributed by atoms with Crippen LogP contribution in [0.25, 0.3) is 0 Å². The van der Waals surface area contributed by atoms with E-state index in [-0.39, 0.29) is 18.5 Å². The van der Waals surface area contributed by atoms with Crippen LogP contribution in [0.2, 0.25) is 0 Å². The van der Waals surface area contributed by atoms with Crippen LogP contribution in [0.1, 0.15) is 29.2 Å². The topological polar surface area (TPSA) is 59.6 Å². The minimum atomic E-state index is -0.180. The SMILES string of the molecule is COCCNCC(=O)NC(c1ccccc1)c1ccc2c(c1)CCCO2. The molecule has 0 radical (unpaired) electrons. The molecule has 5 heteroatoms. The van der Waals surface area contributed by atoms with Gasteiger partial charge in [-0.05, 0) is 41.7 Å². The number of amides is 1. The highest BCUT2D eigenvalue weighted by atomic mass is 16.5. The van der Waals surface area contributed by atoms with Gasteiger partial charge in [0.2, 0.25) is 5.91 Å². The molecule has 0 saturated carbocycles. The Kier molecular flexibility index (Phi) is 6.63. The van der Waals surface area contributed by atoms with Gasteiger partial charge < -0.3 is 20.1 Å². The highest BCUT2D eigenvalue weighted by molar-refractivity contribution is 5.79. The Morgan fingerprint density at radius 2 is 2.04 bits per heavy atom. The van der Waals surface area contributed by atoms with Crippen LogP contribution >= 0.6 is 0 Å². The summed E-state index contributed by atoms with van der Waals surface area (Å²) in [7, 11) is 1.65. The molecule has 0 aliphatic carbocycles. The van der Waals surface area contributed by atoms with Crippen LogP contribution in [0.3, 0.4) is 0 Å². The summed E-state index contributed by atoms with van der Waals surface area (Å²) in [6.07, 6.45) is 2.04. The molecule has 1 aliphatic rings. The molecule has 3 rings (SSSR count). The lowest BCUT2D eigenvalue weighted by Crippen LogP contribution is -2.37. The van der Waals surface area contributed by atoms with Gasteiger partial charge in [0.15, 0.2) is 0 Å². The van der Waals surface area contributed by atoms with Crippen LogP contribution in [0.4, 0.5) is 0 Å². The van der Waals surface area contributed by atoms with Gasteiger partial charge in [-0.25, -0.2) is 0 Å². The molecule has 1 aliphatic heterocycles. The summed E-state index contributed by atoms with van der Waals surface area (Å²) < 4.78 is 10.7. The summed E-state index contributed by atoms with van der Waals surface area (Å²) in [5, 5.41) is 6.24. The lowest BCUT2D eigenvalue weighted by atomic mass is 9.95. The second-order valence-electron chi connectivity index (χ2n) is 6.40. The number of carbonyl (C=O) groups excluding carboxylic acids is 1. The van der Waals surface area contributed by atoms with Crippen molar-refractivity contribution in [2.75, 3.05) is 33.4 Å². The molecule has 1 heterocycles. The second-order valence-corrected chi connectivity index (χ2v) is 6.40. The largest absolute Gasteiger partial charge is 0.493 e. The molecule has 2 N–H and O–H groups in total. The van der Waals surface area contributed by atoms with Gasteiger partial charge >= 0.3 is 0 Å². The van der Waals surface area contributed by atoms with Crippen LogP contribution in [0, 0.1) is 0 Å². The molecule has 0 saturated heterocycles. The maximum atomic E-state index is 12.4. The maximum Gasteiger partial charge on any atom is 0.234 e. The first-order chi connectivity index (χ1) is 12.8. The van der Waals surface area contributed by atoms with Crippen molar-refractivity contribution >= 4 is 5.91 Å². The number of rotatable bonds is 8. The Labute approximate surface area is 154 Å². The summed E-state index contributed by atoms with van der Waals surface area (Å²) in [5.41, 5.74) is 3.35. The van der Waals surface area contributed by atoms with E-state index in [1.807, 2.05) is 42.5 Å². The van der Waals surface area contributed by atoms with Crippen molar-refractivity contribution in [2.45, 2.75) is 18.9 Å². The average molecular weight is 354 g/mol. The normalized spacial score (nSPS) is 14.2. The van der Waals surface area contributed by atoms with Crippen molar-refractivity contribution in [3.8, 4) is 5.75 Å². The number of ether oxygens (including phenoxy) is 2. The molecule has 5 nitrogen and oxygen atoms in total. The number of hydrogen-bond acceptors (Lipinski definition) is 4. The molecular formula is C21H26N2O3. The third kappa shape index (κ3) is 4.84. The summed E-state index contributed by atoms with van der Waals surface area (Å²) >= 11 is 0. The minimum absolute atomic E-state index is 0.0380. The summed E-state index contributed by atoms with van der Waals surface area (Å²) in [6, 6.07) is 16.1. The first kappa shape index (κ1) is 18.4. The Bertz CT molecular complexity index is 718. The van der Waals surface area contributed by atoms with E-state index in [9.17, 15) is 4.79 Å². The van der Waals surface area contributed by atoms with Crippen LogP contribution in [0.15, 0.2) is 48.5 Å². The van der Waals surface area contributed by atoms with Crippen LogP contribution in [-0.4, -0.2) is 39.3 Å². The number of aryl methyl sites for hydroxylation is 1. The molecule has 0 bridgehead atoms. The van der Waals surface area contributed by atoms with Gasteiger partial charge in [-0.2, -0.15) is 0 Å². The van der Waals surface area contributed by atoms with E-state index in [4.69, 9.17) is 9.47 Å². The Balaban J connectivity index is 1.77. The molecule has 1 amide bonds. The van der Waals surface area contributed by atoms with Crippen molar-refractivity contribution in [3.63, 3.8) is 0 Å². The number of nitrogens with one attached hydrogen (secondary N) is 2. The minimum Gasteiger partial charge on any atom is -0.493 e. The first-order valence-electron chi connectivity index (χ1n) is 9.07. The molecule has 138 valence electrons. The smallest absolute Gasteiger partial charge is 0.234 e. The van der Waals surface area contributed by atoms with Gasteiger partial charge in [0, 0.05) is 13.7 Å². The molecule has 1 atom stereocenters. The fraction of sp³-hybridized carbons (Fsp3) is 0.381. The molecule has 0 aromatic heterocycles. The zero-order valence-electron chi connectivity index (χ0n) is 15.2. The fourth-order valence-electron chi connectivity index (χ4n) is 3.15. The molecule has 2 aromatic carbocycles. The molecular weight excluding hydrogens is 328 g/mol. The fourth-order valence-corrected chi connectivity index (χ4v) is 3.15. The van der Waals surface area contributed by atoms with Crippen molar-refractivity contribution in [2.24, 2.45) is 0 Å². The van der Waals surface area contributed by atoms with Crippen molar-refractivity contribution < 1.29 is 14.3 Å². The van der Waals surface area contributed by atoms with Gasteiger partial charge in [0.25, 0.3) is 0 Å². The predicted molar refractivity (Wildman–Crippen MR) is 101 cm³/mol. The highest BCUT2D eigenvalue weighted by Gasteiger charge is 2.19. The molecule has 0 spiro atoms. The lowest BCUT2D eigenvalue weighted by molar-refractivity contribution is -0.120. The van der Waals surface area contributed by atoms with E-state index >= 15 is 0 Å². The van der Waals surface area contributed by atoms with Crippen LogP contribution in [0.5, 0.6) is 5.75 Å². The van der Waals surface area contributed by atoms with E-state index in [1.54, 1.807) is 7.11 Å². The van der Waals surface area contributed by atoms with E-state index < -0.39 is 0 Å². The Hall–Kier alpha value is -2.37. The predicted octanol–water partition coefficient (Wildman–Crippen LogP) is 2.45. The Morgan fingerprint density at radius 3 is 2.85 bits per heavy atom. The molecule has 26 heavy (non-hydrogen) atoms. The summed E-state index contributed by atoms with van der Waals surface area (Å²) in [4.78, 5) is 12.4. The van der Waals surface area contributed by atoms with Gasteiger partial charge in [0.05, 0.1) is 25.8 Å². The second kappa shape index (κ2) is 9.36. The third-order valence-corrected chi connectivity index (χ3v) is 4.47. The monoisotopic (exact) mass is 354 g/mol. The zero-order valence-corrected chi connectivity index (χ0v) is 15.2. The molecule has 1 unspecified atom stereocenters. The van der Waals surface area contributed by atoms with Crippen LogP contribution in [-0.2, 0) is 16.0 Å². The van der Waals surface area contributed by atoms with Gasteiger partial charge in [-0.1, -0.05) is 36.4 Å². The van der Waals surface area contributed by atoms with Gasteiger partial charge in [-0.15, -0.1) is 0 Å².